The van der Waals surface area contributed by atoms with Gasteiger partial charge in [-0.05, 0) is 109 Å². The molecule has 0 unspecified atom stereocenters. The number of benzene rings is 10. The molecule has 0 N–H and O–H groups in total. The van der Waals surface area contributed by atoms with Crippen molar-refractivity contribution >= 4 is 118 Å². The van der Waals surface area contributed by atoms with Gasteiger partial charge in [0.25, 0.3) is 0 Å². The van der Waals surface area contributed by atoms with Crippen LogP contribution in [-0.2, 0) is 4.57 Å². The Labute approximate surface area is 331 Å². The molecule has 56 heavy (non-hydrogen) atoms. The van der Waals surface area contributed by atoms with Crippen LogP contribution in [0.1, 0.15) is 0 Å². The van der Waals surface area contributed by atoms with Gasteiger partial charge in [0, 0.05) is 56.3 Å². The third-order valence-corrected chi connectivity index (χ3v) is 17.1. The summed E-state index contributed by atoms with van der Waals surface area (Å²) in [5.74, 6) is 0. The van der Waals surface area contributed by atoms with Crippen LogP contribution < -0.4 is 15.9 Å². The number of fused-ring (bicyclic) bond motifs is 6. The summed E-state index contributed by atoms with van der Waals surface area (Å²) in [6.45, 7) is 0. The Balaban J connectivity index is 0.991. The molecule has 0 saturated carbocycles. The van der Waals surface area contributed by atoms with Crippen molar-refractivity contribution in [2.45, 2.75) is 0 Å². The summed E-state index contributed by atoms with van der Waals surface area (Å²) in [6.07, 6.45) is 0. The topological polar surface area (TPSA) is 17.1 Å². The fourth-order valence-electron chi connectivity index (χ4n) is 8.98. The van der Waals surface area contributed by atoms with Crippen LogP contribution in [0, 0.1) is 0 Å². The summed E-state index contributed by atoms with van der Waals surface area (Å²) in [5, 5.41) is 15.4. The van der Waals surface area contributed by atoms with E-state index < -0.39 is 7.14 Å². The van der Waals surface area contributed by atoms with Gasteiger partial charge < -0.3 is 4.57 Å². The lowest BCUT2D eigenvalue weighted by atomic mass is 9.89. The zero-order chi connectivity index (χ0) is 37.0. The van der Waals surface area contributed by atoms with Crippen molar-refractivity contribution in [3.8, 4) is 22.3 Å². The van der Waals surface area contributed by atoms with Crippen molar-refractivity contribution < 1.29 is 4.57 Å². The highest BCUT2D eigenvalue weighted by Crippen LogP contribution is 2.46. The Morgan fingerprint density at radius 1 is 0.321 bits per heavy atom. The normalized spacial score (nSPS) is 12.4. The van der Waals surface area contributed by atoms with E-state index in [1.54, 1.807) is 11.3 Å². The molecule has 1 nitrogen and oxygen atoms in total. The lowest BCUT2D eigenvalue weighted by Crippen LogP contribution is -2.24. The smallest absolute Gasteiger partial charge is 0.171 e. The summed E-state index contributed by atoms with van der Waals surface area (Å²) in [4.78, 5) is 0. The van der Waals surface area contributed by atoms with Gasteiger partial charge in [-0.15, -0.1) is 22.7 Å². The maximum Gasteiger partial charge on any atom is 0.171 e. The van der Waals surface area contributed by atoms with E-state index in [1.165, 1.54) is 89.5 Å². The minimum Gasteiger partial charge on any atom is -0.309 e. The zero-order valence-electron chi connectivity index (χ0n) is 30.1. The highest BCUT2D eigenvalue weighted by Gasteiger charge is 2.30. The maximum absolute atomic E-state index is 15.3. The average molecular weight is 767 g/mol. The van der Waals surface area contributed by atoms with Gasteiger partial charge in [0.1, 0.15) is 0 Å². The van der Waals surface area contributed by atoms with E-state index in [-0.39, 0.29) is 0 Å². The zero-order valence-corrected chi connectivity index (χ0v) is 32.6. The number of rotatable bonds is 5. The number of hydrogen-bond donors (Lipinski definition) is 0. The van der Waals surface area contributed by atoms with E-state index in [2.05, 4.69) is 127 Å². The predicted molar refractivity (Wildman–Crippen MR) is 246 cm³/mol. The lowest BCUT2D eigenvalue weighted by Gasteiger charge is -2.20. The molecule has 0 saturated heterocycles. The van der Waals surface area contributed by atoms with E-state index in [1.807, 2.05) is 72.0 Å². The van der Waals surface area contributed by atoms with Crippen LogP contribution in [0.25, 0.3) is 94.9 Å². The third kappa shape index (κ3) is 4.75. The van der Waals surface area contributed by atoms with E-state index in [4.69, 9.17) is 0 Å². The Morgan fingerprint density at radius 3 is 1.38 bits per heavy atom. The van der Waals surface area contributed by atoms with Crippen molar-refractivity contribution in [1.29, 1.82) is 0 Å². The summed E-state index contributed by atoms with van der Waals surface area (Å²) >= 11 is 3.66. The molecular weight excluding hydrogens is 736 g/mol. The molecule has 4 heteroatoms. The first-order valence-electron chi connectivity index (χ1n) is 18.9. The number of hydrogen-bond acceptors (Lipinski definition) is 3. The van der Waals surface area contributed by atoms with Crippen LogP contribution in [0.15, 0.2) is 188 Å². The quantitative estimate of drug-likeness (QED) is 0.126. The summed E-state index contributed by atoms with van der Waals surface area (Å²) < 4.78 is 20.3. The van der Waals surface area contributed by atoms with Gasteiger partial charge in [0.2, 0.25) is 0 Å². The maximum atomic E-state index is 15.3. The molecule has 0 aliphatic heterocycles. The monoisotopic (exact) mass is 766 g/mol. The summed E-state index contributed by atoms with van der Waals surface area (Å²) in [5.41, 5.74) is 4.89. The molecule has 2 heterocycles. The Hall–Kier alpha value is -6.09. The van der Waals surface area contributed by atoms with Crippen LogP contribution in [0.4, 0.5) is 0 Å². The Morgan fingerprint density at radius 2 is 0.786 bits per heavy atom. The first kappa shape index (κ1) is 32.2. The highest BCUT2D eigenvalue weighted by atomic mass is 32.1. The van der Waals surface area contributed by atoms with Crippen molar-refractivity contribution in [3.63, 3.8) is 0 Å². The fraction of sp³-hybridized carbons (Fsp3) is 0. The van der Waals surface area contributed by atoms with E-state index >= 15 is 4.57 Å². The minimum atomic E-state index is -3.10. The molecule has 262 valence electrons. The Bertz CT molecular complexity index is 3500. The van der Waals surface area contributed by atoms with E-state index in [0.29, 0.717) is 0 Å². The highest BCUT2D eigenvalue weighted by molar-refractivity contribution is 7.85. The second-order valence-corrected chi connectivity index (χ2v) is 19.7. The molecule has 0 atom stereocenters. The van der Waals surface area contributed by atoms with Crippen molar-refractivity contribution in [2.24, 2.45) is 0 Å². The van der Waals surface area contributed by atoms with Gasteiger partial charge in [-0.25, -0.2) is 0 Å². The third-order valence-electron chi connectivity index (χ3n) is 11.7. The number of thiophene rings is 2. The van der Waals surface area contributed by atoms with Crippen LogP contribution in [0.2, 0.25) is 0 Å². The van der Waals surface area contributed by atoms with Gasteiger partial charge in [0.15, 0.2) is 7.14 Å². The summed E-state index contributed by atoms with van der Waals surface area (Å²) in [6, 6.07) is 67.4. The van der Waals surface area contributed by atoms with Gasteiger partial charge in [0.05, 0.1) is 0 Å². The first-order valence-corrected chi connectivity index (χ1v) is 22.3. The molecule has 0 radical (unpaired) electrons. The standard InChI is InChI=1S/C52H31OPS2/c53-54(38-10-3-1-4-11-38,39-12-5-2-6-13-39)40-21-27-50-46(31-40)44-29-36(19-25-48(44)56-50)35-18-24-47-43(28-35)45-30-37(20-26-49(45)55-47)41-22-16-34-15-14-32-8-7-9-33-17-23-42(41)52(34)51(32)33/h1-31H. The fourth-order valence-corrected chi connectivity index (χ4v) is 13.8. The van der Waals surface area contributed by atoms with Crippen molar-refractivity contribution in [1.82, 2.24) is 0 Å². The van der Waals surface area contributed by atoms with Gasteiger partial charge in [-0.1, -0.05) is 133 Å². The lowest BCUT2D eigenvalue weighted by molar-refractivity contribution is 0.592. The molecule has 12 aromatic rings. The van der Waals surface area contributed by atoms with Crippen LogP contribution in [0.3, 0.4) is 0 Å². The summed E-state index contributed by atoms with van der Waals surface area (Å²) in [7, 11) is -3.10. The van der Waals surface area contributed by atoms with Gasteiger partial charge in [-0.3, -0.25) is 0 Å². The first-order chi connectivity index (χ1) is 27.6. The predicted octanol–water partition coefficient (Wildman–Crippen LogP) is 14.3. The minimum absolute atomic E-state index is 0.851. The molecule has 0 fully saturated rings. The second-order valence-electron chi connectivity index (χ2n) is 14.8. The molecule has 2 aromatic heterocycles. The van der Waals surface area contributed by atoms with Crippen LogP contribution in [-0.4, -0.2) is 0 Å². The Kier molecular flexibility index (Phi) is 7.01. The van der Waals surface area contributed by atoms with Crippen LogP contribution in [0.5, 0.6) is 0 Å². The molecule has 10 aromatic carbocycles. The molecule has 12 rings (SSSR count). The molecule has 0 amide bonds. The molecule has 0 spiro atoms. The SMILES string of the molecule is O=P(c1ccccc1)(c1ccccc1)c1ccc2sc3ccc(-c4ccc5sc6ccc(-c7ccc8ccc9cccc%10ccc7c8c9%10)cc6c5c4)cc3c2c1. The van der Waals surface area contributed by atoms with Gasteiger partial charge in [-0.2, -0.15) is 0 Å². The molecule has 0 aliphatic rings. The van der Waals surface area contributed by atoms with E-state index in [9.17, 15) is 0 Å². The average Bonchev–Trinajstić information content (AvgIpc) is 3.82. The largest absolute Gasteiger partial charge is 0.309 e. The van der Waals surface area contributed by atoms with Crippen LogP contribution >= 0.6 is 29.8 Å². The molecule has 0 aliphatic carbocycles. The van der Waals surface area contributed by atoms with Crippen molar-refractivity contribution in [2.75, 3.05) is 0 Å². The van der Waals surface area contributed by atoms with Gasteiger partial charge >= 0.3 is 0 Å². The van der Waals surface area contributed by atoms with Crippen molar-refractivity contribution in [3.05, 3.63) is 188 Å². The van der Waals surface area contributed by atoms with E-state index in [0.717, 1.165) is 21.3 Å². The molecule has 0 bridgehead atoms. The molecular formula is C52H31OPS2. The second kappa shape index (κ2) is 12.2.